The molecule has 1 saturated heterocycles. The highest BCUT2D eigenvalue weighted by Crippen LogP contribution is 2.38. The molecule has 4 aromatic rings. The van der Waals surface area contributed by atoms with Crippen LogP contribution in [0.3, 0.4) is 0 Å². The Morgan fingerprint density at radius 2 is 1.74 bits per heavy atom. The minimum atomic E-state index is -0.342. The fourth-order valence-corrected chi connectivity index (χ4v) is 4.37. The molecule has 0 bridgehead atoms. The lowest BCUT2D eigenvalue weighted by Crippen LogP contribution is -2.25. The molecule has 1 aliphatic rings. The Bertz CT molecular complexity index is 1300. The van der Waals surface area contributed by atoms with E-state index in [1.54, 1.807) is 12.1 Å². The maximum absolute atomic E-state index is 13.6. The fourth-order valence-electron chi connectivity index (χ4n) is 4.11. The summed E-state index contributed by atoms with van der Waals surface area (Å²) < 4.78 is 22.7. The van der Waals surface area contributed by atoms with E-state index in [9.17, 15) is 4.39 Å². The maximum Gasteiger partial charge on any atom is 0.160 e. The van der Waals surface area contributed by atoms with E-state index in [1.165, 1.54) is 17.7 Å². The van der Waals surface area contributed by atoms with Gasteiger partial charge < -0.3 is 15.4 Å². The first-order chi connectivity index (χ1) is 16.5. The van der Waals surface area contributed by atoms with Gasteiger partial charge in [-0.1, -0.05) is 34.6 Å². The van der Waals surface area contributed by atoms with Crippen LogP contribution in [0.1, 0.15) is 17.4 Å². The van der Waals surface area contributed by atoms with Crippen molar-refractivity contribution in [2.75, 3.05) is 18.9 Å². The van der Waals surface area contributed by atoms with Crippen LogP contribution in [-0.2, 0) is 11.2 Å². The Balaban J connectivity index is 1.50. The number of hydrogen-bond donors (Lipinski definition) is 1. The summed E-state index contributed by atoms with van der Waals surface area (Å²) in [4.78, 5) is 2.17. The topological polar surface area (TPSA) is 56.3 Å². The van der Waals surface area contributed by atoms with Crippen LogP contribution in [0.5, 0.6) is 0 Å². The maximum atomic E-state index is 13.6. The summed E-state index contributed by atoms with van der Waals surface area (Å²) in [6.45, 7) is 5.40. The molecular weight excluding hydrogens is 495 g/mol. The Hall–Kier alpha value is -3.42. The van der Waals surface area contributed by atoms with Gasteiger partial charge in [0, 0.05) is 39.7 Å². The Morgan fingerprint density at radius 1 is 1.03 bits per heavy atom. The van der Waals surface area contributed by atoms with Gasteiger partial charge in [0.05, 0.1) is 12.3 Å². The van der Waals surface area contributed by atoms with E-state index in [-0.39, 0.29) is 12.0 Å². The molecule has 34 heavy (non-hydrogen) atoms. The predicted octanol–water partition coefficient (Wildman–Crippen LogP) is 6.11. The third-order valence-electron chi connectivity index (χ3n) is 5.94. The lowest BCUT2D eigenvalue weighted by molar-refractivity contribution is 0.0356. The van der Waals surface area contributed by atoms with E-state index in [1.807, 2.05) is 59.4 Å². The van der Waals surface area contributed by atoms with E-state index in [4.69, 9.17) is 15.6 Å². The molecule has 0 amide bonds. The smallest absolute Gasteiger partial charge is 0.160 e. The molecule has 1 unspecified atom stereocenters. The first-order valence-electron chi connectivity index (χ1n) is 11.0. The molecule has 5 nitrogen and oxygen atoms in total. The van der Waals surface area contributed by atoms with Crippen molar-refractivity contribution < 1.29 is 9.13 Å². The normalized spacial score (nSPS) is 15.8. The van der Waals surface area contributed by atoms with Gasteiger partial charge in [-0.15, -0.1) is 0 Å². The van der Waals surface area contributed by atoms with Crippen LogP contribution in [-0.4, -0.2) is 27.8 Å². The summed E-state index contributed by atoms with van der Waals surface area (Å²) >= 11 is 3.48. The van der Waals surface area contributed by atoms with E-state index in [0.29, 0.717) is 6.61 Å². The van der Waals surface area contributed by atoms with E-state index in [0.717, 1.165) is 51.3 Å². The molecular formula is C27H24BrFN4O. The number of ether oxygens (including phenoxy) is 1. The predicted molar refractivity (Wildman–Crippen MR) is 136 cm³/mol. The number of nitrogen functional groups attached to an aromatic ring is 1. The second-order valence-electron chi connectivity index (χ2n) is 8.28. The quantitative estimate of drug-likeness (QED) is 0.313. The Kier molecular flexibility index (Phi) is 6.22. The molecule has 0 spiro atoms. The van der Waals surface area contributed by atoms with Crippen molar-refractivity contribution in [1.82, 2.24) is 14.7 Å². The van der Waals surface area contributed by atoms with Gasteiger partial charge in [-0.3, -0.25) is 0 Å². The second-order valence-corrected chi connectivity index (χ2v) is 9.19. The van der Waals surface area contributed by atoms with Crippen molar-refractivity contribution in [3.63, 3.8) is 0 Å². The van der Waals surface area contributed by atoms with E-state index in [2.05, 4.69) is 27.4 Å². The first kappa shape index (κ1) is 22.4. The van der Waals surface area contributed by atoms with Gasteiger partial charge >= 0.3 is 0 Å². The van der Waals surface area contributed by atoms with Gasteiger partial charge in [0.15, 0.2) is 6.23 Å². The standard InChI is InChI=1S/C27H24BrFN4O/c1-18-17-34-27(32(18)15-14-19-2-10-23(30)11-3-19)25-16-33(24-12-6-21(28)7-13-24)31-26(25)20-4-8-22(29)9-5-20/h2-13,16,27H,1,14-15,17,30H2. The highest BCUT2D eigenvalue weighted by atomic mass is 79.9. The molecule has 3 aromatic carbocycles. The molecule has 2 heterocycles. The molecule has 0 saturated carbocycles. The summed E-state index contributed by atoms with van der Waals surface area (Å²) in [6.07, 6.45) is 2.47. The summed E-state index contributed by atoms with van der Waals surface area (Å²) in [5.74, 6) is -0.284. The van der Waals surface area contributed by atoms with Gasteiger partial charge in [0.25, 0.3) is 0 Å². The molecule has 5 rings (SSSR count). The van der Waals surface area contributed by atoms with Crippen LogP contribution >= 0.6 is 15.9 Å². The average molecular weight is 519 g/mol. The fraction of sp³-hybridized carbons (Fsp3) is 0.148. The second kappa shape index (κ2) is 9.44. The third kappa shape index (κ3) is 4.62. The number of nitrogens with two attached hydrogens (primary N) is 1. The molecule has 0 radical (unpaired) electrons. The zero-order chi connectivity index (χ0) is 23.7. The van der Waals surface area contributed by atoms with Gasteiger partial charge in [0.2, 0.25) is 0 Å². The van der Waals surface area contributed by atoms with Gasteiger partial charge in [-0.25, -0.2) is 9.07 Å². The highest BCUT2D eigenvalue weighted by Gasteiger charge is 2.33. The van der Waals surface area contributed by atoms with Crippen LogP contribution in [0.4, 0.5) is 10.1 Å². The van der Waals surface area contributed by atoms with Gasteiger partial charge in [-0.2, -0.15) is 5.10 Å². The summed E-state index contributed by atoms with van der Waals surface area (Å²) in [6, 6.07) is 22.2. The highest BCUT2D eigenvalue weighted by molar-refractivity contribution is 9.10. The first-order valence-corrected chi connectivity index (χ1v) is 11.8. The molecule has 172 valence electrons. The number of nitrogens with zero attached hydrogens (tertiary/aromatic N) is 3. The minimum absolute atomic E-state index is 0.284. The minimum Gasteiger partial charge on any atom is -0.399 e. The van der Waals surface area contributed by atoms with Crippen molar-refractivity contribution in [2.45, 2.75) is 12.6 Å². The molecule has 1 aromatic heterocycles. The molecule has 0 aliphatic carbocycles. The van der Waals surface area contributed by atoms with Crippen LogP contribution in [0.25, 0.3) is 16.9 Å². The average Bonchev–Trinajstić information content (AvgIpc) is 3.43. The summed E-state index contributed by atoms with van der Waals surface area (Å²) in [5.41, 5.74) is 12.1. The van der Waals surface area contributed by atoms with Crippen molar-refractivity contribution in [3.8, 4) is 16.9 Å². The zero-order valence-electron chi connectivity index (χ0n) is 18.5. The third-order valence-corrected chi connectivity index (χ3v) is 6.46. The van der Waals surface area contributed by atoms with Crippen molar-refractivity contribution in [1.29, 1.82) is 0 Å². The summed E-state index contributed by atoms with van der Waals surface area (Å²) in [7, 11) is 0. The molecule has 1 atom stereocenters. The zero-order valence-corrected chi connectivity index (χ0v) is 20.1. The largest absolute Gasteiger partial charge is 0.399 e. The molecule has 7 heteroatoms. The van der Waals surface area contributed by atoms with Crippen molar-refractivity contribution in [3.05, 3.63) is 113 Å². The van der Waals surface area contributed by atoms with Crippen molar-refractivity contribution in [2.24, 2.45) is 0 Å². The summed E-state index contributed by atoms with van der Waals surface area (Å²) in [5, 5.41) is 4.87. The Morgan fingerprint density at radius 3 is 2.44 bits per heavy atom. The van der Waals surface area contributed by atoms with Crippen LogP contribution in [0.15, 0.2) is 95.7 Å². The van der Waals surface area contributed by atoms with Gasteiger partial charge in [-0.05, 0) is 72.6 Å². The van der Waals surface area contributed by atoms with Crippen LogP contribution in [0, 0.1) is 5.82 Å². The van der Waals surface area contributed by atoms with E-state index < -0.39 is 0 Å². The molecule has 2 N–H and O–H groups in total. The number of halogens is 2. The SMILES string of the molecule is C=C1COC(c2cn(-c3ccc(Br)cc3)nc2-c2ccc(F)cc2)N1CCc1ccc(N)cc1. The monoisotopic (exact) mass is 518 g/mol. The Labute approximate surface area is 206 Å². The van der Waals surface area contributed by atoms with Crippen molar-refractivity contribution >= 4 is 21.6 Å². The number of aromatic nitrogens is 2. The number of rotatable bonds is 6. The molecule has 1 fully saturated rings. The number of anilines is 1. The lowest BCUT2D eigenvalue weighted by atomic mass is 10.1. The van der Waals surface area contributed by atoms with Crippen LogP contribution in [0.2, 0.25) is 0 Å². The van der Waals surface area contributed by atoms with Crippen LogP contribution < -0.4 is 5.73 Å². The van der Waals surface area contributed by atoms with Gasteiger partial charge in [0.1, 0.15) is 11.5 Å². The number of hydrogen-bond acceptors (Lipinski definition) is 4. The number of benzene rings is 3. The molecule has 1 aliphatic heterocycles. The lowest BCUT2D eigenvalue weighted by Gasteiger charge is -2.25. The van der Waals surface area contributed by atoms with E-state index >= 15 is 0 Å².